The number of piperidine rings is 1. The van der Waals surface area contributed by atoms with E-state index < -0.39 is 0 Å². The molecule has 1 N–H and O–H groups in total. The number of imidazole rings is 1. The Hall–Kier alpha value is -1.91. The van der Waals surface area contributed by atoms with Crippen molar-refractivity contribution in [2.75, 3.05) is 13.1 Å². The number of nitrogens with one attached hydrogen (secondary N) is 1. The van der Waals surface area contributed by atoms with E-state index in [1.165, 1.54) is 0 Å². The second-order valence-electron chi connectivity index (χ2n) is 6.15. The summed E-state index contributed by atoms with van der Waals surface area (Å²) in [5, 5.41) is 4.17. The van der Waals surface area contributed by atoms with Crippen molar-refractivity contribution < 1.29 is 0 Å². The molecule has 0 atom stereocenters. The molecule has 0 bridgehead atoms. The van der Waals surface area contributed by atoms with Crippen LogP contribution < -0.4 is 5.32 Å². The SMILES string of the molecule is Cc1cnc2c(c1)nc(-c1ccc(Cl)cc1)n2C1CCNCC1. The van der Waals surface area contributed by atoms with E-state index in [1.54, 1.807) is 0 Å². The lowest BCUT2D eigenvalue weighted by atomic mass is 10.1. The lowest BCUT2D eigenvalue weighted by Crippen LogP contribution is -2.29. The third-order valence-electron chi connectivity index (χ3n) is 4.44. The molecule has 0 amide bonds. The van der Waals surface area contributed by atoms with Gasteiger partial charge in [-0.3, -0.25) is 0 Å². The minimum absolute atomic E-state index is 0.433. The zero-order valence-electron chi connectivity index (χ0n) is 13.1. The summed E-state index contributed by atoms with van der Waals surface area (Å²) in [5.74, 6) is 0.988. The van der Waals surface area contributed by atoms with Gasteiger partial charge in [0, 0.05) is 22.8 Å². The molecule has 5 heteroatoms. The molecular weight excluding hydrogens is 308 g/mol. The first-order chi connectivity index (χ1) is 11.2. The molecular formula is C18H19ClN4. The maximum Gasteiger partial charge on any atom is 0.160 e. The van der Waals surface area contributed by atoms with Crippen LogP contribution in [0.3, 0.4) is 0 Å². The van der Waals surface area contributed by atoms with Gasteiger partial charge in [0.25, 0.3) is 0 Å². The summed E-state index contributed by atoms with van der Waals surface area (Å²) < 4.78 is 2.32. The van der Waals surface area contributed by atoms with E-state index in [9.17, 15) is 0 Å². The Morgan fingerprint density at radius 3 is 2.65 bits per heavy atom. The molecule has 0 radical (unpaired) electrons. The van der Waals surface area contributed by atoms with Crippen LogP contribution in [0.5, 0.6) is 0 Å². The summed E-state index contributed by atoms with van der Waals surface area (Å²) in [6, 6.07) is 10.5. The van der Waals surface area contributed by atoms with Crippen LogP contribution >= 0.6 is 11.6 Å². The summed E-state index contributed by atoms with van der Waals surface area (Å²) in [7, 11) is 0. The van der Waals surface area contributed by atoms with E-state index in [4.69, 9.17) is 16.6 Å². The van der Waals surface area contributed by atoms with Crippen molar-refractivity contribution >= 4 is 22.8 Å². The van der Waals surface area contributed by atoms with Gasteiger partial charge >= 0.3 is 0 Å². The summed E-state index contributed by atoms with van der Waals surface area (Å²) in [4.78, 5) is 9.56. The van der Waals surface area contributed by atoms with E-state index in [-0.39, 0.29) is 0 Å². The molecule has 1 aliphatic rings. The van der Waals surface area contributed by atoms with E-state index in [0.717, 1.165) is 59.1 Å². The zero-order valence-corrected chi connectivity index (χ0v) is 13.8. The zero-order chi connectivity index (χ0) is 15.8. The number of halogens is 1. The standard InChI is InChI=1S/C18H19ClN4/c1-12-10-16-18(21-11-12)23(15-6-8-20-9-7-15)17(22-16)13-2-4-14(19)5-3-13/h2-5,10-11,15,20H,6-9H2,1H3. The molecule has 1 aromatic carbocycles. The number of fused-ring (bicyclic) bond motifs is 1. The average molecular weight is 327 g/mol. The van der Waals surface area contributed by atoms with E-state index in [0.29, 0.717) is 6.04 Å². The van der Waals surface area contributed by atoms with E-state index >= 15 is 0 Å². The summed E-state index contributed by atoms with van der Waals surface area (Å²) in [6.45, 7) is 4.13. The third kappa shape index (κ3) is 2.73. The Labute approximate surface area is 140 Å². The van der Waals surface area contributed by atoms with Crippen LogP contribution in [-0.2, 0) is 0 Å². The minimum atomic E-state index is 0.433. The fourth-order valence-electron chi connectivity index (χ4n) is 3.30. The molecule has 1 aliphatic heterocycles. The maximum absolute atomic E-state index is 6.04. The second-order valence-corrected chi connectivity index (χ2v) is 6.59. The van der Waals surface area contributed by atoms with Crippen LogP contribution in [-0.4, -0.2) is 27.6 Å². The second kappa shape index (κ2) is 5.95. The monoisotopic (exact) mass is 326 g/mol. The number of aromatic nitrogens is 3. The van der Waals surface area contributed by atoms with Gasteiger partial charge in [-0.1, -0.05) is 11.6 Å². The van der Waals surface area contributed by atoms with Crippen molar-refractivity contribution in [3.05, 3.63) is 47.1 Å². The molecule has 3 aromatic rings. The van der Waals surface area contributed by atoms with Crippen molar-refractivity contribution in [3.63, 3.8) is 0 Å². The Morgan fingerprint density at radius 1 is 1.17 bits per heavy atom. The first-order valence-corrected chi connectivity index (χ1v) is 8.41. The number of aryl methyl sites for hydroxylation is 1. The average Bonchev–Trinajstić information content (AvgIpc) is 2.94. The molecule has 0 spiro atoms. The van der Waals surface area contributed by atoms with Crippen LogP contribution in [0, 0.1) is 6.92 Å². The van der Waals surface area contributed by atoms with Gasteiger partial charge < -0.3 is 9.88 Å². The molecule has 0 unspecified atom stereocenters. The van der Waals surface area contributed by atoms with Crippen LogP contribution in [0.4, 0.5) is 0 Å². The Morgan fingerprint density at radius 2 is 1.91 bits per heavy atom. The highest BCUT2D eigenvalue weighted by Gasteiger charge is 2.22. The first kappa shape index (κ1) is 14.7. The van der Waals surface area contributed by atoms with Gasteiger partial charge in [0.15, 0.2) is 5.65 Å². The van der Waals surface area contributed by atoms with Gasteiger partial charge in [0.1, 0.15) is 11.3 Å². The molecule has 1 fully saturated rings. The maximum atomic E-state index is 6.04. The van der Waals surface area contributed by atoms with Crippen LogP contribution in [0.1, 0.15) is 24.4 Å². The van der Waals surface area contributed by atoms with Gasteiger partial charge in [-0.25, -0.2) is 9.97 Å². The van der Waals surface area contributed by atoms with Gasteiger partial charge in [0.05, 0.1) is 0 Å². The van der Waals surface area contributed by atoms with Crippen molar-refractivity contribution in [2.24, 2.45) is 0 Å². The Kier molecular flexibility index (Phi) is 3.79. The smallest absolute Gasteiger partial charge is 0.160 e. The molecule has 23 heavy (non-hydrogen) atoms. The number of hydrogen-bond donors (Lipinski definition) is 1. The quantitative estimate of drug-likeness (QED) is 0.774. The summed E-state index contributed by atoms with van der Waals surface area (Å²) >= 11 is 6.04. The Balaban J connectivity index is 1.92. The van der Waals surface area contributed by atoms with Crippen LogP contribution in [0.2, 0.25) is 5.02 Å². The predicted octanol–water partition coefficient (Wildman–Crippen LogP) is 3.98. The summed E-state index contributed by atoms with van der Waals surface area (Å²) in [6.07, 6.45) is 4.12. The van der Waals surface area contributed by atoms with Crippen molar-refractivity contribution in [1.29, 1.82) is 0 Å². The van der Waals surface area contributed by atoms with Gasteiger partial charge in [-0.15, -0.1) is 0 Å². The molecule has 118 valence electrons. The molecule has 3 heterocycles. The number of hydrogen-bond acceptors (Lipinski definition) is 3. The van der Waals surface area contributed by atoms with E-state index in [2.05, 4.69) is 27.9 Å². The predicted molar refractivity (Wildman–Crippen MR) is 93.9 cm³/mol. The normalized spacial score (nSPS) is 16.1. The molecule has 4 rings (SSSR count). The topological polar surface area (TPSA) is 42.7 Å². The third-order valence-corrected chi connectivity index (χ3v) is 4.69. The Bertz CT molecular complexity index is 832. The largest absolute Gasteiger partial charge is 0.317 e. The minimum Gasteiger partial charge on any atom is -0.317 e. The molecule has 0 saturated carbocycles. The fraction of sp³-hybridized carbons (Fsp3) is 0.333. The number of rotatable bonds is 2. The van der Waals surface area contributed by atoms with Crippen molar-refractivity contribution in [2.45, 2.75) is 25.8 Å². The van der Waals surface area contributed by atoms with Crippen molar-refractivity contribution in [3.8, 4) is 11.4 Å². The molecule has 2 aromatic heterocycles. The first-order valence-electron chi connectivity index (χ1n) is 8.03. The van der Waals surface area contributed by atoms with Crippen LogP contribution in [0.15, 0.2) is 36.5 Å². The highest BCUT2D eigenvalue weighted by atomic mass is 35.5. The van der Waals surface area contributed by atoms with Gasteiger partial charge in [-0.2, -0.15) is 0 Å². The molecule has 4 nitrogen and oxygen atoms in total. The van der Waals surface area contributed by atoms with Gasteiger partial charge in [-0.05, 0) is 68.8 Å². The summed E-state index contributed by atoms with van der Waals surface area (Å²) in [5.41, 5.74) is 4.17. The highest BCUT2D eigenvalue weighted by Crippen LogP contribution is 2.32. The fourth-order valence-corrected chi connectivity index (χ4v) is 3.42. The van der Waals surface area contributed by atoms with Crippen molar-refractivity contribution in [1.82, 2.24) is 19.9 Å². The van der Waals surface area contributed by atoms with Crippen LogP contribution in [0.25, 0.3) is 22.6 Å². The number of nitrogens with zero attached hydrogens (tertiary/aromatic N) is 3. The van der Waals surface area contributed by atoms with E-state index in [1.807, 2.05) is 30.5 Å². The number of benzene rings is 1. The lowest BCUT2D eigenvalue weighted by molar-refractivity contribution is 0.376. The lowest BCUT2D eigenvalue weighted by Gasteiger charge is -2.26. The molecule has 1 saturated heterocycles. The highest BCUT2D eigenvalue weighted by molar-refractivity contribution is 6.30. The molecule has 0 aliphatic carbocycles. The van der Waals surface area contributed by atoms with Gasteiger partial charge in [0.2, 0.25) is 0 Å². The number of pyridine rings is 1.